The molecule has 0 aromatic carbocycles. The summed E-state index contributed by atoms with van der Waals surface area (Å²) in [6.07, 6.45) is 5.00. The standard InChI is InChI=1S/C13H26/c1-7-13(11(4)5)9-8-12(6)10(2)3/h8,10-11,13H,7,9H2,1-6H3/b12-8-/t13-/m1/s1. The Labute approximate surface area is 84.4 Å². The fraction of sp³-hybridized carbons (Fsp3) is 0.846. The van der Waals surface area contributed by atoms with Gasteiger partial charge in [0, 0.05) is 0 Å². The molecule has 0 aliphatic carbocycles. The van der Waals surface area contributed by atoms with Crippen LogP contribution in [0.2, 0.25) is 0 Å². The van der Waals surface area contributed by atoms with Gasteiger partial charge in [-0.05, 0) is 31.1 Å². The Morgan fingerprint density at radius 3 is 2.00 bits per heavy atom. The maximum absolute atomic E-state index is 2.43. The minimum Gasteiger partial charge on any atom is -0.0851 e. The van der Waals surface area contributed by atoms with Gasteiger partial charge in [-0.2, -0.15) is 0 Å². The maximum Gasteiger partial charge on any atom is -0.0263 e. The highest BCUT2D eigenvalue weighted by Crippen LogP contribution is 2.21. The van der Waals surface area contributed by atoms with Gasteiger partial charge in [-0.15, -0.1) is 0 Å². The lowest BCUT2D eigenvalue weighted by Gasteiger charge is -2.17. The third-order valence-electron chi connectivity index (χ3n) is 3.12. The van der Waals surface area contributed by atoms with Crippen LogP contribution < -0.4 is 0 Å². The Bertz CT molecular complexity index is 151. The smallest absolute Gasteiger partial charge is 0.0263 e. The largest absolute Gasteiger partial charge is 0.0851 e. The summed E-state index contributed by atoms with van der Waals surface area (Å²) in [6, 6.07) is 0. The van der Waals surface area contributed by atoms with E-state index in [2.05, 4.69) is 47.6 Å². The minimum absolute atomic E-state index is 0.713. The van der Waals surface area contributed by atoms with Gasteiger partial charge in [0.15, 0.2) is 0 Å². The van der Waals surface area contributed by atoms with Crippen molar-refractivity contribution in [1.82, 2.24) is 0 Å². The molecule has 13 heavy (non-hydrogen) atoms. The molecule has 0 fully saturated rings. The molecule has 0 aromatic rings. The molecule has 0 bridgehead atoms. The van der Waals surface area contributed by atoms with Gasteiger partial charge in [-0.3, -0.25) is 0 Å². The first-order valence-electron chi connectivity index (χ1n) is 5.65. The summed E-state index contributed by atoms with van der Waals surface area (Å²) < 4.78 is 0. The minimum atomic E-state index is 0.713. The zero-order valence-electron chi connectivity index (χ0n) is 10.2. The quantitative estimate of drug-likeness (QED) is 0.542. The van der Waals surface area contributed by atoms with Crippen molar-refractivity contribution in [1.29, 1.82) is 0 Å². The van der Waals surface area contributed by atoms with Gasteiger partial charge >= 0.3 is 0 Å². The van der Waals surface area contributed by atoms with Crippen molar-refractivity contribution in [3.8, 4) is 0 Å². The topological polar surface area (TPSA) is 0 Å². The number of allylic oxidation sites excluding steroid dienone is 2. The van der Waals surface area contributed by atoms with Gasteiger partial charge in [0.1, 0.15) is 0 Å². The first-order valence-corrected chi connectivity index (χ1v) is 5.65. The van der Waals surface area contributed by atoms with Crippen molar-refractivity contribution in [2.24, 2.45) is 17.8 Å². The van der Waals surface area contributed by atoms with Crippen LogP contribution in [0.15, 0.2) is 11.6 Å². The van der Waals surface area contributed by atoms with E-state index in [1.165, 1.54) is 12.8 Å². The van der Waals surface area contributed by atoms with Gasteiger partial charge in [-0.25, -0.2) is 0 Å². The second kappa shape index (κ2) is 6.23. The van der Waals surface area contributed by atoms with E-state index < -0.39 is 0 Å². The Kier molecular flexibility index (Phi) is 6.11. The van der Waals surface area contributed by atoms with Crippen LogP contribution in [0.5, 0.6) is 0 Å². The molecule has 0 saturated heterocycles. The molecule has 0 heteroatoms. The molecular weight excluding hydrogens is 156 g/mol. The van der Waals surface area contributed by atoms with Crippen LogP contribution in [-0.4, -0.2) is 0 Å². The van der Waals surface area contributed by atoms with Crippen LogP contribution in [0.4, 0.5) is 0 Å². The van der Waals surface area contributed by atoms with Crippen molar-refractivity contribution in [3.63, 3.8) is 0 Å². The zero-order chi connectivity index (χ0) is 10.4. The van der Waals surface area contributed by atoms with Crippen LogP contribution in [0, 0.1) is 17.8 Å². The SMILES string of the molecule is CC[C@H](C/C=C(/C)C(C)C)C(C)C. The summed E-state index contributed by atoms with van der Waals surface area (Å²) in [7, 11) is 0. The first kappa shape index (κ1) is 12.7. The summed E-state index contributed by atoms with van der Waals surface area (Å²) in [5.41, 5.74) is 1.54. The highest BCUT2D eigenvalue weighted by atomic mass is 14.1. The van der Waals surface area contributed by atoms with Gasteiger partial charge in [-0.1, -0.05) is 52.7 Å². The molecule has 0 amide bonds. The van der Waals surface area contributed by atoms with Crippen molar-refractivity contribution in [3.05, 3.63) is 11.6 Å². The Morgan fingerprint density at radius 1 is 1.15 bits per heavy atom. The van der Waals surface area contributed by atoms with E-state index in [0.717, 1.165) is 11.8 Å². The molecular formula is C13H26. The van der Waals surface area contributed by atoms with Crippen LogP contribution in [-0.2, 0) is 0 Å². The fourth-order valence-electron chi connectivity index (χ4n) is 1.48. The molecule has 0 aliphatic rings. The average Bonchev–Trinajstić information content (AvgIpc) is 2.04. The van der Waals surface area contributed by atoms with Crippen LogP contribution in [0.25, 0.3) is 0 Å². The number of hydrogen-bond donors (Lipinski definition) is 0. The van der Waals surface area contributed by atoms with Crippen molar-refractivity contribution >= 4 is 0 Å². The van der Waals surface area contributed by atoms with Crippen LogP contribution in [0.1, 0.15) is 54.4 Å². The molecule has 78 valence electrons. The highest BCUT2D eigenvalue weighted by molar-refractivity contribution is 5.01. The predicted octanol–water partition coefficient (Wildman–Crippen LogP) is 4.66. The van der Waals surface area contributed by atoms with Gasteiger partial charge in [0.2, 0.25) is 0 Å². The van der Waals surface area contributed by atoms with Crippen molar-refractivity contribution < 1.29 is 0 Å². The molecule has 0 heterocycles. The van der Waals surface area contributed by atoms with E-state index in [1.54, 1.807) is 5.57 Å². The molecule has 0 aliphatic heterocycles. The molecule has 0 unspecified atom stereocenters. The number of rotatable bonds is 5. The van der Waals surface area contributed by atoms with E-state index in [0.29, 0.717) is 5.92 Å². The average molecular weight is 182 g/mol. The van der Waals surface area contributed by atoms with Gasteiger partial charge in [0.05, 0.1) is 0 Å². The van der Waals surface area contributed by atoms with E-state index in [-0.39, 0.29) is 0 Å². The molecule has 0 rings (SSSR count). The summed E-state index contributed by atoms with van der Waals surface area (Å²) in [5, 5.41) is 0. The third-order valence-corrected chi connectivity index (χ3v) is 3.12. The normalized spacial score (nSPS) is 15.5. The lowest BCUT2D eigenvalue weighted by atomic mass is 9.88. The molecule has 0 spiro atoms. The monoisotopic (exact) mass is 182 g/mol. The predicted molar refractivity (Wildman–Crippen MR) is 61.8 cm³/mol. The second-order valence-electron chi connectivity index (χ2n) is 4.75. The van der Waals surface area contributed by atoms with E-state index in [4.69, 9.17) is 0 Å². The summed E-state index contributed by atoms with van der Waals surface area (Å²) in [6.45, 7) is 13.7. The molecule has 0 aromatic heterocycles. The summed E-state index contributed by atoms with van der Waals surface area (Å²) in [4.78, 5) is 0. The lowest BCUT2D eigenvalue weighted by Crippen LogP contribution is -2.06. The Morgan fingerprint density at radius 2 is 1.69 bits per heavy atom. The maximum atomic E-state index is 2.43. The van der Waals surface area contributed by atoms with Crippen molar-refractivity contribution in [2.75, 3.05) is 0 Å². The second-order valence-corrected chi connectivity index (χ2v) is 4.75. The van der Waals surface area contributed by atoms with Crippen molar-refractivity contribution in [2.45, 2.75) is 54.4 Å². The van der Waals surface area contributed by atoms with Gasteiger partial charge < -0.3 is 0 Å². The Hall–Kier alpha value is -0.260. The summed E-state index contributed by atoms with van der Waals surface area (Å²) >= 11 is 0. The highest BCUT2D eigenvalue weighted by Gasteiger charge is 2.09. The first-order chi connectivity index (χ1) is 5.99. The number of hydrogen-bond acceptors (Lipinski definition) is 0. The Balaban J connectivity index is 4.04. The van der Waals surface area contributed by atoms with Gasteiger partial charge in [0.25, 0.3) is 0 Å². The lowest BCUT2D eigenvalue weighted by molar-refractivity contribution is 0.375. The molecule has 1 atom stereocenters. The van der Waals surface area contributed by atoms with E-state index >= 15 is 0 Å². The van der Waals surface area contributed by atoms with Crippen LogP contribution in [0.3, 0.4) is 0 Å². The zero-order valence-corrected chi connectivity index (χ0v) is 10.2. The van der Waals surface area contributed by atoms with E-state index in [1.807, 2.05) is 0 Å². The molecule has 0 radical (unpaired) electrons. The summed E-state index contributed by atoms with van der Waals surface area (Å²) in [5.74, 6) is 2.40. The fourth-order valence-corrected chi connectivity index (χ4v) is 1.48. The molecule has 0 N–H and O–H groups in total. The molecule has 0 saturated carbocycles. The van der Waals surface area contributed by atoms with Crippen LogP contribution >= 0.6 is 0 Å². The third kappa shape index (κ3) is 5.13. The molecule has 0 nitrogen and oxygen atoms in total. The van der Waals surface area contributed by atoms with E-state index in [9.17, 15) is 0 Å².